The van der Waals surface area contributed by atoms with Gasteiger partial charge in [-0.25, -0.2) is 4.98 Å². The monoisotopic (exact) mass is 345 g/mol. The fourth-order valence-corrected chi connectivity index (χ4v) is 4.21. The van der Waals surface area contributed by atoms with Crippen LogP contribution >= 0.6 is 0 Å². The summed E-state index contributed by atoms with van der Waals surface area (Å²) in [4.78, 5) is 10.3. The Balaban J connectivity index is 1.51. The number of para-hydroxylation sites is 2. The van der Waals surface area contributed by atoms with Crippen LogP contribution in [0, 0.1) is 0 Å². The van der Waals surface area contributed by atoms with Crippen LogP contribution in [-0.2, 0) is 6.42 Å². The molecular formula is C22H23N3O. The van der Waals surface area contributed by atoms with Gasteiger partial charge in [0.25, 0.3) is 0 Å². The molecule has 1 atom stereocenters. The van der Waals surface area contributed by atoms with Crippen molar-refractivity contribution < 1.29 is 4.42 Å². The molecule has 3 heterocycles. The lowest BCUT2D eigenvalue weighted by atomic mass is 10.0. The van der Waals surface area contributed by atoms with Crippen molar-refractivity contribution in [1.82, 2.24) is 14.9 Å². The highest BCUT2D eigenvalue weighted by Gasteiger charge is 2.20. The first-order valence-electron chi connectivity index (χ1n) is 9.47. The van der Waals surface area contributed by atoms with Crippen molar-refractivity contribution in [3.8, 4) is 11.1 Å². The van der Waals surface area contributed by atoms with E-state index in [2.05, 4.69) is 64.3 Å². The quantitative estimate of drug-likeness (QED) is 0.566. The molecule has 4 aromatic rings. The van der Waals surface area contributed by atoms with Gasteiger partial charge in [-0.3, -0.25) is 0 Å². The summed E-state index contributed by atoms with van der Waals surface area (Å²) in [6.45, 7) is 4.62. The number of rotatable bonds is 4. The molecule has 0 amide bonds. The summed E-state index contributed by atoms with van der Waals surface area (Å²) >= 11 is 0. The third-order valence-corrected chi connectivity index (χ3v) is 5.67. The summed E-state index contributed by atoms with van der Waals surface area (Å²) in [6, 6.07) is 15.5. The summed E-state index contributed by atoms with van der Waals surface area (Å²) in [5.74, 6) is 1.07. The highest BCUT2D eigenvalue weighted by atomic mass is 16.3. The molecule has 4 nitrogen and oxygen atoms in total. The molecule has 0 saturated carbocycles. The number of fused-ring (bicyclic) bond motifs is 2. The van der Waals surface area contributed by atoms with Crippen molar-refractivity contribution in [2.45, 2.75) is 32.2 Å². The van der Waals surface area contributed by atoms with E-state index in [0.717, 1.165) is 46.5 Å². The third kappa shape index (κ3) is 2.61. The maximum Gasteiger partial charge on any atom is 0.142 e. The predicted molar refractivity (Wildman–Crippen MR) is 105 cm³/mol. The van der Waals surface area contributed by atoms with Gasteiger partial charge in [-0.05, 0) is 38.4 Å². The van der Waals surface area contributed by atoms with Gasteiger partial charge in [0.1, 0.15) is 11.3 Å². The topological polar surface area (TPSA) is 45.1 Å². The average Bonchev–Trinajstić information content (AvgIpc) is 3.38. The molecule has 2 aromatic carbocycles. The zero-order valence-electron chi connectivity index (χ0n) is 15.0. The number of hydrogen-bond acceptors (Lipinski definition) is 3. The molecule has 0 bridgehead atoms. The Bertz CT molecular complexity index is 1060. The molecule has 0 aliphatic carbocycles. The standard InChI is InChI=1S/C22H23N3O/c1-15-5-4-11-25(15)12-10-17-13-16-6-2-8-19(22(16)26-17)18-7-3-9-20-21(18)24-14-23-20/h2-3,6-9,13-15H,4-5,10-12H2,1H3,(H,23,24)/t15-/m1/s1. The number of imidazole rings is 1. The summed E-state index contributed by atoms with van der Waals surface area (Å²) in [6.07, 6.45) is 5.35. The average molecular weight is 345 g/mol. The SMILES string of the molecule is C[C@@H]1CCCN1CCc1cc2cccc(-c3cccc4[nH]cnc34)c2o1. The van der Waals surface area contributed by atoms with Crippen LogP contribution in [0.2, 0.25) is 0 Å². The Morgan fingerprint density at radius 1 is 1.19 bits per heavy atom. The molecule has 1 aliphatic heterocycles. The summed E-state index contributed by atoms with van der Waals surface area (Å²) in [5.41, 5.74) is 5.23. The number of H-pyrrole nitrogens is 1. The van der Waals surface area contributed by atoms with Gasteiger partial charge in [-0.2, -0.15) is 0 Å². The fraction of sp³-hybridized carbons (Fsp3) is 0.318. The Kier molecular flexibility index (Phi) is 3.79. The Morgan fingerprint density at radius 2 is 2.08 bits per heavy atom. The first-order valence-corrected chi connectivity index (χ1v) is 9.47. The van der Waals surface area contributed by atoms with E-state index in [4.69, 9.17) is 4.42 Å². The van der Waals surface area contributed by atoms with E-state index in [1.165, 1.54) is 24.8 Å². The van der Waals surface area contributed by atoms with E-state index in [9.17, 15) is 0 Å². The van der Waals surface area contributed by atoms with Gasteiger partial charge in [0.15, 0.2) is 0 Å². The smallest absolute Gasteiger partial charge is 0.142 e. The van der Waals surface area contributed by atoms with Gasteiger partial charge in [0.05, 0.1) is 17.4 Å². The molecule has 132 valence electrons. The number of hydrogen-bond donors (Lipinski definition) is 1. The number of aromatic amines is 1. The lowest BCUT2D eigenvalue weighted by Gasteiger charge is -2.19. The molecule has 1 N–H and O–H groups in total. The van der Waals surface area contributed by atoms with E-state index in [1.54, 1.807) is 6.33 Å². The van der Waals surface area contributed by atoms with E-state index < -0.39 is 0 Å². The molecule has 1 aliphatic rings. The van der Waals surface area contributed by atoms with Crippen LogP contribution in [-0.4, -0.2) is 34.0 Å². The molecule has 5 rings (SSSR count). The normalized spacial score (nSPS) is 18.3. The van der Waals surface area contributed by atoms with Crippen LogP contribution in [0.3, 0.4) is 0 Å². The van der Waals surface area contributed by atoms with Crippen molar-refractivity contribution in [2.24, 2.45) is 0 Å². The highest BCUT2D eigenvalue weighted by Crippen LogP contribution is 2.34. The van der Waals surface area contributed by atoms with E-state index >= 15 is 0 Å². The molecule has 1 fully saturated rings. The number of nitrogens with zero attached hydrogens (tertiary/aromatic N) is 2. The first kappa shape index (κ1) is 15.6. The maximum absolute atomic E-state index is 6.31. The highest BCUT2D eigenvalue weighted by molar-refractivity contribution is 6.01. The van der Waals surface area contributed by atoms with Gasteiger partial charge < -0.3 is 14.3 Å². The number of benzene rings is 2. The van der Waals surface area contributed by atoms with Crippen molar-refractivity contribution in [3.63, 3.8) is 0 Å². The second kappa shape index (κ2) is 6.29. The van der Waals surface area contributed by atoms with Crippen LogP contribution in [0.15, 0.2) is 53.2 Å². The minimum absolute atomic E-state index is 0.701. The summed E-state index contributed by atoms with van der Waals surface area (Å²) < 4.78 is 6.31. The fourth-order valence-electron chi connectivity index (χ4n) is 4.21. The van der Waals surface area contributed by atoms with Gasteiger partial charge in [-0.1, -0.05) is 30.3 Å². The molecule has 2 aromatic heterocycles. The first-order chi connectivity index (χ1) is 12.8. The minimum Gasteiger partial charge on any atom is -0.460 e. The second-order valence-electron chi connectivity index (χ2n) is 7.32. The molecule has 0 spiro atoms. The summed E-state index contributed by atoms with van der Waals surface area (Å²) in [7, 11) is 0. The van der Waals surface area contributed by atoms with Crippen molar-refractivity contribution in [2.75, 3.05) is 13.1 Å². The van der Waals surface area contributed by atoms with Gasteiger partial charge in [0.2, 0.25) is 0 Å². The zero-order chi connectivity index (χ0) is 17.5. The zero-order valence-corrected chi connectivity index (χ0v) is 15.0. The van der Waals surface area contributed by atoms with Crippen LogP contribution in [0.4, 0.5) is 0 Å². The van der Waals surface area contributed by atoms with Gasteiger partial charge >= 0.3 is 0 Å². The van der Waals surface area contributed by atoms with Crippen LogP contribution in [0.5, 0.6) is 0 Å². The lowest BCUT2D eigenvalue weighted by molar-refractivity contribution is 0.266. The van der Waals surface area contributed by atoms with Crippen molar-refractivity contribution in [3.05, 3.63) is 54.6 Å². The molecule has 1 saturated heterocycles. The van der Waals surface area contributed by atoms with Crippen LogP contribution in [0.1, 0.15) is 25.5 Å². The van der Waals surface area contributed by atoms with Gasteiger partial charge in [0, 0.05) is 35.5 Å². The number of likely N-dealkylation sites (tertiary alicyclic amines) is 1. The summed E-state index contributed by atoms with van der Waals surface area (Å²) in [5, 5.41) is 1.17. The molecule has 0 unspecified atom stereocenters. The molecule has 26 heavy (non-hydrogen) atoms. The Hall–Kier alpha value is -2.59. The lowest BCUT2D eigenvalue weighted by Crippen LogP contribution is -2.28. The number of nitrogens with one attached hydrogen (secondary N) is 1. The van der Waals surface area contributed by atoms with Crippen LogP contribution in [0.25, 0.3) is 33.1 Å². The molecule has 4 heteroatoms. The maximum atomic E-state index is 6.31. The molecular weight excluding hydrogens is 322 g/mol. The predicted octanol–water partition coefficient (Wildman–Crippen LogP) is 5.00. The van der Waals surface area contributed by atoms with E-state index in [0.29, 0.717) is 6.04 Å². The molecule has 0 radical (unpaired) electrons. The van der Waals surface area contributed by atoms with Crippen LogP contribution < -0.4 is 0 Å². The van der Waals surface area contributed by atoms with Crippen molar-refractivity contribution >= 4 is 22.0 Å². The van der Waals surface area contributed by atoms with E-state index in [-0.39, 0.29) is 0 Å². The Morgan fingerprint density at radius 3 is 2.96 bits per heavy atom. The largest absolute Gasteiger partial charge is 0.460 e. The van der Waals surface area contributed by atoms with Crippen molar-refractivity contribution in [1.29, 1.82) is 0 Å². The Labute approximate surface area is 152 Å². The number of aromatic nitrogens is 2. The number of furan rings is 1. The van der Waals surface area contributed by atoms with Gasteiger partial charge in [-0.15, -0.1) is 0 Å². The third-order valence-electron chi connectivity index (χ3n) is 5.67. The van der Waals surface area contributed by atoms with E-state index in [1.807, 2.05) is 0 Å². The second-order valence-corrected chi connectivity index (χ2v) is 7.32. The minimum atomic E-state index is 0.701.